The predicted octanol–water partition coefficient (Wildman–Crippen LogP) is 4.54. The van der Waals surface area contributed by atoms with Crippen LogP contribution in [0.15, 0.2) is 60.7 Å². The van der Waals surface area contributed by atoms with Gasteiger partial charge in [-0.25, -0.2) is 0 Å². The Hall–Kier alpha value is -2.49. The van der Waals surface area contributed by atoms with Crippen molar-refractivity contribution >= 4 is 41.2 Å². The minimum absolute atomic E-state index is 0.0970. The van der Waals surface area contributed by atoms with Gasteiger partial charge < -0.3 is 21.1 Å². The Bertz CT molecular complexity index is 1010. The van der Waals surface area contributed by atoms with Crippen LogP contribution in [-0.2, 0) is 25.9 Å². The molecule has 220 valence electrons. The molecule has 0 aliphatic carbocycles. The summed E-state index contributed by atoms with van der Waals surface area (Å²) in [6.45, 7) is 6.12. The SMILES string of the molecule is CCCCNC(=O)[C@H](C)C[C@H](O)[C@H](CSCc1ccccc1)NC(=O)[C@H](C)NC(=O)CCSCc1ccccc1. The maximum absolute atomic E-state index is 13.0. The lowest BCUT2D eigenvalue weighted by Gasteiger charge is -2.27. The maximum atomic E-state index is 13.0. The summed E-state index contributed by atoms with van der Waals surface area (Å²) in [4.78, 5) is 37.9. The molecule has 0 unspecified atom stereocenters. The van der Waals surface area contributed by atoms with Crippen LogP contribution >= 0.6 is 23.5 Å². The third-order valence-electron chi connectivity index (χ3n) is 6.43. The highest BCUT2D eigenvalue weighted by atomic mass is 32.2. The fourth-order valence-electron chi connectivity index (χ4n) is 3.94. The molecule has 0 aromatic heterocycles. The zero-order valence-electron chi connectivity index (χ0n) is 23.9. The molecule has 0 radical (unpaired) electrons. The van der Waals surface area contributed by atoms with Gasteiger partial charge in [0.05, 0.1) is 12.1 Å². The summed E-state index contributed by atoms with van der Waals surface area (Å²) in [5, 5.41) is 19.7. The smallest absolute Gasteiger partial charge is 0.242 e. The van der Waals surface area contributed by atoms with Crippen molar-refractivity contribution in [3.8, 4) is 0 Å². The second-order valence-electron chi connectivity index (χ2n) is 10.0. The fraction of sp³-hybridized carbons (Fsp3) is 0.516. The van der Waals surface area contributed by atoms with E-state index in [4.69, 9.17) is 0 Å². The highest BCUT2D eigenvalue weighted by Crippen LogP contribution is 2.18. The molecular weight excluding hydrogens is 542 g/mol. The number of nitrogens with one attached hydrogen (secondary N) is 3. The zero-order chi connectivity index (χ0) is 29.2. The third kappa shape index (κ3) is 13.7. The highest BCUT2D eigenvalue weighted by molar-refractivity contribution is 7.98. The molecule has 0 aliphatic heterocycles. The van der Waals surface area contributed by atoms with Gasteiger partial charge in [-0.05, 0) is 30.9 Å². The molecular formula is C31H45N3O4S2. The molecule has 2 rings (SSSR count). The van der Waals surface area contributed by atoms with E-state index >= 15 is 0 Å². The summed E-state index contributed by atoms with van der Waals surface area (Å²) < 4.78 is 0. The standard InChI is InChI=1S/C31H45N3O4S2/c1-4-5-17-32-30(37)23(2)19-28(35)27(22-40-21-26-14-10-7-11-15-26)34-31(38)24(3)33-29(36)16-18-39-20-25-12-8-6-9-13-25/h6-15,23-24,27-28,35H,4-5,16-22H2,1-3H3,(H,32,37)(H,33,36)(H,34,38)/t23-,24+,27+,28+/m1/s1. The number of aliphatic hydroxyl groups is 1. The van der Waals surface area contributed by atoms with E-state index in [0.717, 1.165) is 29.9 Å². The number of carbonyl (C=O) groups is 3. The van der Waals surface area contributed by atoms with Crippen LogP contribution in [0.4, 0.5) is 0 Å². The summed E-state index contributed by atoms with van der Waals surface area (Å²) in [6, 6.07) is 18.8. The first kappa shape index (κ1) is 33.7. The molecule has 0 bridgehead atoms. The van der Waals surface area contributed by atoms with Crippen molar-refractivity contribution in [2.45, 2.75) is 76.1 Å². The molecule has 0 saturated heterocycles. The molecule has 0 aliphatic rings. The molecule has 7 nitrogen and oxygen atoms in total. The number of benzene rings is 2. The van der Waals surface area contributed by atoms with E-state index in [2.05, 4.69) is 35.0 Å². The van der Waals surface area contributed by atoms with Crippen LogP contribution in [0.25, 0.3) is 0 Å². The van der Waals surface area contributed by atoms with Crippen molar-refractivity contribution in [1.29, 1.82) is 0 Å². The Labute approximate surface area is 248 Å². The number of hydrogen-bond acceptors (Lipinski definition) is 6. The summed E-state index contributed by atoms with van der Waals surface area (Å²) in [7, 11) is 0. The van der Waals surface area contributed by atoms with Crippen molar-refractivity contribution in [3.05, 3.63) is 71.8 Å². The van der Waals surface area contributed by atoms with E-state index in [1.165, 1.54) is 5.56 Å². The Kier molecular flexibility index (Phi) is 16.5. The molecule has 4 atom stereocenters. The van der Waals surface area contributed by atoms with Crippen LogP contribution in [0.3, 0.4) is 0 Å². The van der Waals surface area contributed by atoms with Crippen molar-refractivity contribution in [3.63, 3.8) is 0 Å². The van der Waals surface area contributed by atoms with Gasteiger partial charge in [-0.1, -0.05) is 80.9 Å². The number of unbranched alkanes of at least 4 members (excludes halogenated alkanes) is 1. The lowest BCUT2D eigenvalue weighted by Crippen LogP contribution is -2.53. The first-order chi connectivity index (χ1) is 19.3. The molecule has 2 aromatic rings. The van der Waals surface area contributed by atoms with E-state index in [9.17, 15) is 19.5 Å². The van der Waals surface area contributed by atoms with E-state index in [1.807, 2.05) is 48.5 Å². The Balaban J connectivity index is 1.86. The Morgan fingerprint density at radius 1 is 0.850 bits per heavy atom. The van der Waals surface area contributed by atoms with Gasteiger partial charge >= 0.3 is 0 Å². The number of hydrogen-bond donors (Lipinski definition) is 4. The van der Waals surface area contributed by atoms with Gasteiger partial charge in [0.2, 0.25) is 17.7 Å². The monoisotopic (exact) mass is 587 g/mol. The molecule has 0 saturated carbocycles. The van der Waals surface area contributed by atoms with Crippen LogP contribution in [0, 0.1) is 5.92 Å². The molecule has 3 amide bonds. The van der Waals surface area contributed by atoms with Gasteiger partial charge in [-0.2, -0.15) is 23.5 Å². The molecule has 0 heterocycles. The minimum Gasteiger partial charge on any atom is -0.391 e. The molecule has 0 fully saturated rings. The van der Waals surface area contributed by atoms with Crippen LogP contribution in [-0.4, -0.2) is 59.1 Å². The topological polar surface area (TPSA) is 108 Å². The summed E-state index contributed by atoms with van der Waals surface area (Å²) in [6.07, 6.45) is 1.54. The van der Waals surface area contributed by atoms with Gasteiger partial charge in [-0.3, -0.25) is 14.4 Å². The zero-order valence-corrected chi connectivity index (χ0v) is 25.6. The first-order valence-electron chi connectivity index (χ1n) is 14.1. The van der Waals surface area contributed by atoms with E-state index in [1.54, 1.807) is 37.4 Å². The number of amides is 3. The molecule has 2 aromatic carbocycles. The molecule has 9 heteroatoms. The van der Waals surface area contributed by atoms with Crippen molar-refractivity contribution < 1.29 is 19.5 Å². The quantitative estimate of drug-likeness (QED) is 0.180. The molecule has 0 spiro atoms. The summed E-state index contributed by atoms with van der Waals surface area (Å²) >= 11 is 3.29. The summed E-state index contributed by atoms with van der Waals surface area (Å²) in [5.74, 6) is 1.68. The number of carbonyl (C=O) groups excluding carboxylic acids is 3. The predicted molar refractivity (Wildman–Crippen MR) is 167 cm³/mol. The van der Waals surface area contributed by atoms with E-state index in [0.29, 0.717) is 24.5 Å². The Morgan fingerprint density at radius 2 is 1.45 bits per heavy atom. The second-order valence-corrected chi connectivity index (χ2v) is 12.2. The number of thioether (sulfide) groups is 2. The first-order valence-corrected chi connectivity index (χ1v) is 16.4. The lowest BCUT2D eigenvalue weighted by molar-refractivity contribution is -0.129. The molecule has 4 N–H and O–H groups in total. The van der Waals surface area contributed by atoms with Crippen molar-refractivity contribution in [2.24, 2.45) is 5.92 Å². The largest absolute Gasteiger partial charge is 0.391 e. The van der Waals surface area contributed by atoms with Crippen molar-refractivity contribution in [2.75, 3.05) is 18.1 Å². The Morgan fingerprint density at radius 3 is 2.05 bits per heavy atom. The van der Waals surface area contributed by atoms with Crippen LogP contribution < -0.4 is 16.0 Å². The average molecular weight is 588 g/mol. The molecule has 40 heavy (non-hydrogen) atoms. The van der Waals surface area contributed by atoms with Gasteiger partial charge in [0.15, 0.2) is 0 Å². The minimum atomic E-state index is -0.906. The lowest BCUT2D eigenvalue weighted by atomic mass is 9.98. The van der Waals surface area contributed by atoms with Gasteiger partial charge in [0.25, 0.3) is 0 Å². The number of rotatable bonds is 19. The third-order valence-corrected chi connectivity index (χ3v) is 8.59. The van der Waals surface area contributed by atoms with Crippen LogP contribution in [0.1, 0.15) is 57.6 Å². The van der Waals surface area contributed by atoms with Gasteiger partial charge in [-0.15, -0.1) is 0 Å². The van der Waals surface area contributed by atoms with E-state index < -0.39 is 24.1 Å². The maximum Gasteiger partial charge on any atom is 0.242 e. The van der Waals surface area contributed by atoms with Crippen LogP contribution in [0.2, 0.25) is 0 Å². The highest BCUT2D eigenvalue weighted by Gasteiger charge is 2.27. The van der Waals surface area contributed by atoms with E-state index in [-0.39, 0.29) is 24.1 Å². The average Bonchev–Trinajstić information content (AvgIpc) is 2.95. The fourth-order valence-corrected chi connectivity index (χ4v) is 5.95. The van der Waals surface area contributed by atoms with Gasteiger partial charge in [0, 0.05) is 41.9 Å². The normalized spacial score (nSPS) is 14.0. The second kappa shape index (κ2) is 19.6. The van der Waals surface area contributed by atoms with Gasteiger partial charge in [0.1, 0.15) is 6.04 Å². The van der Waals surface area contributed by atoms with Crippen LogP contribution in [0.5, 0.6) is 0 Å². The van der Waals surface area contributed by atoms with Crippen molar-refractivity contribution in [1.82, 2.24) is 16.0 Å². The summed E-state index contributed by atoms with van der Waals surface area (Å²) in [5.41, 5.74) is 2.37. The number of aliphatic hydroxyl groups excluding tert-OH is 1.